The number of benzene rings is 1. The maximum absolute atomic E-state index is 12.2. The molecule has 1 fully saturated rings. The van der Waals surface area contributed by atoms with Crippen LogP contribution in [0.4, 0.5) is 0 Å². The number of hydrogen-bond donors (Lipinski definition) is 2. The van der Waals surface area contributed by atoms with E-state index in [9.17, 15) is 14.7 Å². The zero-order chi connectivity index (χ0) is 15.2. The molecule has 114 valence electrons. The quantitative estimate of drug-likeness (QED) is 0.845. The van der Waals surface area contributed by atoms with Crippen LogP contribution in [0.5, 0.6) is 0 Å². The van der Waals surface area contributed by atoms with Crippen LogP contribution in [0.2, 0.25) is 0 Å². The molecule has 1 aromatic carbocycles. The molecule has 0 spiro atoms. The Balaban J connectivity index is 1.96. The molecule has 1 saturated carbocycles. The molecule has 0 aromatic heterocycles. The summed E-state index contributed by atoms with van der Waals surface area (Å²) in [4.78, 5) is 23.6. The van der Waals surface area contributed by atoms with E-state index in [2.05, 4.69) is 5.32 Å². The van der Waals surface area contributed by atoms with E-state index in [-0.39, 0.29) is 11.8 Å². The van der Waals surface area contributed by atoms with Gasteiger partial charge in [-0.15, -0.1) is 0 Å². The molecule has 1 aromatic rings. The lowest BCUT2D eigenvalue weighted by Gasteiger charge is -2.20. The van der Waals surface area contributed by atoms with Crippen LogP contribution in [0.1, 0.15) is 50.6 Å². The van der Waals surface area contributed by atoms with Gasteiger partial charge in [-0.1, -0.05) is 62.9 Å². The average Bonchev–Trinajstić information content (AvgIpc) is 2.98. The minimum absolute atomic E-state index is 0.140. The van der Waals surface area contributed by atoms with Crippen molar-refractivity contribution in [2.45, 2.75) is 45.1 Å². The Kier molecular flexibility index (Phi) is 5.37. The van der Waals surface area contributed by atoms with Gasteiger partial charge in [0.05, 0.1) is 0 Å². The maximum atomic E-state index is 12.2. The highest BCUT2D eigenvalue weighted by Crippen LogP contribution is 2.30. The van der Waals surface area contributed by atoms with Crippen LogP contribution < -0.4 is 5.32 Å². The number of carboxylic acid groups (broad SMARTS) is 1. The summed E-state index contributed by atoms with van der Waals surface area (Å²) in [6, 6.07) is 7.86. The van der Waals surface area contributed by atoms with Gasteiger partial charge >= 0.3 is 5.97 Å². The fourth-order valence-electron chi connectivity index (χ4n) is 3.07. The highest BCUT2D eigenvalue weighted by molar-refractivity contribution is 5.85. The second kappa shape index (κ2) is 7.25. The monoisotopic (exact) mass is 289 g/mol. The van der Waals surface area contributed by atoms with E-state index < -0.39 is 12.0 Å². The van der Waals surface area contributed by atoms with Gasteiger partial charge in [-0.25, -0.2) is 4.79 Å². The van der Waals surface area contributed by atoms with E-state index >= 15 is 0 Å². The average molecular weight is 289 g/mol. The Hall–Kier alpha value is -1.84. The van der Waals surface area contributed by atoms with Gasteiger partial charge < -0.3 is 10.4 Å². The van der Waals surface area contributed by atoms with E-state index in [1.54, 1.807) is 24.3 Å². The Bertz CT molecular complexity index is 480. The van der Waals surface area contributed by atoms with Crippen molar-refractivity contribution >= 4 is 11.9 Å². The molecule has 0 aliphatic heterocycles. The van der Waals surface area contributed by atoms with Crippen molar-refractivity contribution in [3.8, 4) is 0 Å². The SMILES string of the molecule is CC(CC1CCCC1)C(=O)N[C@H](C(=O)O)c1ccccc1. The number of rotatable bonds is 6. The molecule has 0 heterocycles. The lowest BCUT2D eigenvalue weighted by atomic mass is 9.93. The number of carbonyl (C=O) groups excluding carboxylic acids is 1. The molecule has 0 bridgehead atoms. The first-order valence-electron chi connectivity index (χ1n) is 7.66. The summed E-state index contributed by atoms with van der Waals surface area (Å²) in [6.07, 6.45) is 5.74. The molecule has 1 aliphatic rings. The minimum atomic E-state index is -1.03. The summed E-state index contributed by atoms with van der Waals surface area (Å²) in [5.41, 5.74) is 0.603. The first-order valence-corrected chi connectivity index (χ1v) is 7.66. The largest absolute Gasteiger partial charge is 0.479 e. The third-order valence-corrected chi connectivity index (χ3v) is 4.28. The van der Waals surface area contributed by atoms with Gasteiger partial charge in [0.25, 0.3) is 0 Å². The lowest BCUT2D eigenvalue weighted by Crippen LogP contribution is -2.37. The second-order valence-corrected chi connectivity index (χ2v) is 5.98. The van der Waals surface area contributed by atoms with Crippen molar-refractivity contribution in [1.29, 1.82) is 0 Å². The van der Waals surface area contributed by atoms with Crippen molar-refractivity contribution in [3.05, 3.63) is 35.9 Å². The smallest absolute Gasteiger partial charge is 0.330 e. The molecule has 1 unspecified atom stereocenters. The molecule has 21 heavy (non-hydrogen) atoms. The molecule has 2 atom stereocenters. The van der Waals surface area contributed by atoms with Crippen molar-refractivity contribution < 1.29 is 14.7 Å². The first-order chi connectivity index (χ1) is 10.1. The number of aliphatic carboxylic acids is 1. The van der Waals surface area contributed by atoms with Gasteiger partial charge in [-0.05, 0) is 17.9 Å². The second-order valence-electron chi connectivity index (χ2n) is 5.98. The molecule has 0 saturated heterocycles. The Labute approximate surface area is 125 Å². The molecule has 4 nitrogen and oxygen atoms in total. The van der Waals surface area contributed by atoms with Crippen LogP contribution in [0, 0.1) is 11.8 Å². The molecule has 0 radical (unpaired) electrons. The summed E-state index contributed by atoms with van der Waals surface area (Å²) >= 11 is 0. The highest BCUT2D eigenvalue weighted by Gasteiger charge is 2.26. The summed E-state index contributed by atoms with van der Waals surface area (Å²) in [5.74, 6) is -0.717. The van der Waals surface area contributed by atoms with Crippen LogP contribution >= 0.6 is 0 Å². The first kappa shape index (κ1) is 15.5. The summed E-state index contributed by atoms with van der Waals surface area (Å²) < 4.78 is 0. The highest BCUT2D eigenvalue weighted by atomic mass is 16.4. The predicted octanol–water partition coefficient (Wildman–Crippen LogP) is 3.14. The van der Waals surface area contributed by atoms with E-state index in [4.69, 9.17) is 0 Å². The van der Waals surface area contributed by atoms with E-state index in [0.29, 0.717) is 11.5 Å². The summed E-state index contributed by atoms with van der Waals surface area (Å²) in [7, 11) is 0. The third-order valence-electron chi connectivity index (χ3n) is 4.28. The molecular formula is C17H23NO3. The van der Waals surface area contributed by atoms with Crippen molar-refractivity contribution in [1.82, 2.24) is 5.32 Å². The zero-order valence-electron chi connectivity index (χ0n) is 12.4. The van der Waals surface area contributed by atoms with Crippen LogP contribution in [0.25, 0.3) is 0 Å². The molecular weight excluding hydrogens is 266 g/mol. The van der Waals surface area contributed by atoms with Crippen molar-refractivity contribution in [3.63, 3.8) is 0 Å². The maximum Gasteiger partial charge on any atom is 0.330 e. The molecule has 1 aliphatic carbocycles. The van der Waals surface area contributed by atoms with Gasteiger partial charge in [0.15, 0.2) is 6.04 Å². The van der Waals surface area contributed by atoms with Crippen molar-refractivity contribution in [2.24, 2.45) is 11.8 Å². The fourth-order valence-corrected chi connectivity index (χ4v) is 3.07. The number of carbonyl (C=O) groups is 2. The Morgan fingerprint density at radius 2 is 1.86 bits per heavy atom. The Morgan fingerprint density at radius 3 is 2.43 bits per heavy atom. The lowest BCUT2D eigenvalue weighted by molar-refractivity contribution is -0.142. The van der Waals surface area contributed by atoms with Gasteiger partial charge in [0.1, 0.15) is 0 Å². The standard InChI is InChI=1S/C17H23NO3/c1-12(11-13-7-5-6-8-13)16(19)18-15(17(20)21)14-9-3-2-4-10-14/h2-4,9-10,12-13,15H,5-8,11H2,1H3,(H,18,19)(H,20,21)/t12?,15-/m0/s1. The number of hydrogen-bond acceptors (Lipinski definition) is 2. The predicted molar refractivity (Wildman–Crippen MR) is 80.7 cm³/mol. The third kappa shape index (κ3) is 4.31. The van der Waals surface area contributed by atoms with Gasteiger partial charge in [0, 0.05) is 5.92 Å². The normalized spacial score (nSPS) is 18.1. The molecule has 2 rings (SSSR count). The zero-order valence-corrected chi connectivity index (χ0v) is 12.4. The van der Waals surface area contributed by atoms with Gasteiger partial charge in [-0.3, -0.25) is 4.79 Å². The summed E-state index contributed by atoms with van der Waals surface area (Å²) in [6.45, 7) is 1.89. The molecule has 4 heteroatoms. The van der Waals surface area contributed by atoms with E-state index in [1.165, 1.54) is 25.7 Å². The molecule has 2 N–H and O–H groups in total. The van der Waals surface area contributed by atoms with Crippen LogP contribution in [-0.4, -0.2) is 17.0 Å². The minimum Gasteiger partial charge on any atom is -0.479 e. The van der Waals surface area contributed by atoms with Crippen molar-refractivity contribution in [2.75, 3.05) is 0 Å². The fraction of sp³-hybridized carbons (Fsp3) is 0.529. The van der Waals surface area contributed by atoms with Crippen LogP contribution in [-0.2, 0) is 9.59 Å². The van der Waals surface area contributed by atoms with Crippen LogP contribution in [0.3, 0.4) is 0 Å². The van der Waals surface area contributed by atoms with E-state index in [0.717, 1.165) is 6.42 Å². The number of amides is 1. The topological polar surface area (TPSA) is 66.4 Å². The number of carboxylic acids is 1. The summed E-state index contributed by atoms with van der Waals surface area (Å²) in [5, 5.41) is 12.0. The van der Waals surface area contributed by atoms with Gasteiger partial charge in [0.2, 0.25) is 5.91 Å². The van der Waals surface area contributed by atoms with Gasteiger partial charge in [-0.2, -0.15) is 0 Å². The molecule has 1 amide bonds. The Morgan fingerprint density at radius 1 is 1.24 bits per heavy atom. The van der Waals surface area contributed by atoms with Crippen LogP contribution in [0.15, 0.2) is 30.3 Å². The van der Waals surface area contributed by atoms with E-state index in [1.807, 2.05) is 13.0 Å². The number of nitrogens with one attached hydrogen (secondary N) is 1.